The summed E-state index contributed by atoms with van der Waals surface area (Å²) in [7, 11) is 0. The number of fused-ring (bicyclic) bond motifs is 2. The van der Waals surface area contributed by atoms with Crippen LogP contribution in [0.1, 0.15) is 46.9 Å². The predicted octanol–water partition coefficient (Wildman–Crippen LogP) is 4.51. The van der Waals surface area contributed by atoms with Gasteiger partial charge in [-0.15, -0.1) is 0 Å². The van der Waals surface area contributed by atoms with Crippen molar-refractivity contribution in [3.8, 4) is 22.8 Å². The molecule has 0 radical (unpaired) electrons. The van der Waals surface area contributed by atoms with Gasteiger partial charge in [0, 0.05) is 28.3 Å². The summed E-state index contributed by atoms with van der Waals surface area (Å²) in [6.07, 6.45) is 2.80. The first-order valence-electron chi connectivity index (χ1n) is 14.0. The van der Waals surface area contributed by atoms with Crippen LogP contribution in [0.4, 0.5) is 13.2 Å². The fraction of sp³-hybridized carbons (Fsp3) is 0.312. The van der Waals surface area contributed by atoms with Gasteiger partial charge in [0.1, 0.15) is 40.4 Å². The van der Waals surface area contributed by atoms with Crippen molar-refractivity contribution >= 4 is 22.7 Å². The zero-order valence-corrected chi connectivity index (χ0v) is 23.9. The van der Waals surface area contributed by atoms with Crippen LogP contribution in [0.15, 0.2) is 54.7 Å². The lowest BCUT2D eigenvalue weighted by Gasteiger charge is -2.30. The van der Waals surface area contributed by atoms with Crippen LogP contribution in [0, 0.1) is 18.7 Å². The van der Waals surface area contributed by atoms with E-state index in [0.717, 1.165) is 5.56 Å². The number of rotatable bonds is 9. The molecule has 4 N–H and O–H groups in total. The molecule has 6 rings (SSSR count). The van der Waals surface area contributed by atoms with E-state index in [1.165, 1.54) is 42.6 Å². The van der Waals surface area contributed by atoms with Crippen molar-refractivity contribution < 1.29 is 37.3 Å². The predicted molar refractivity (Wildman–Crippen MR) is 154 cm³/mol. The van der Waals surface area contributed by atoms with Gasteiger partial charge in [-0.25, -0.2) is 9.37 Å². The molecule has 12 heteroatoms. The highest BCUT2D eigenvalue weighted by Gasteiger charge is 2.50. The Balaban J connectivity index is 1.38. The number of nitrogens with one attached hydrogen (secondary N) is 1. The number of hydrogen-bond acceptors (Lipinski definition) is 7. The highest BCUT2D eigenvalue weighted by Crippen LogP contribution is 2.50. The summed E-state index contributed by atoms with van der Waals surface area (Å²) in [6, 6.07) is 11.5. The number of pyridine rings is 2. The number of nitrogens with zero attached hydrogens (tertiary/aromatic N) is 2. The van der Waals surface area contributed by atoms with Crippen LogP contribution < -0.4 is 20.5 Å². The Kier molecular flexibility index (Phi) is 7.19. The fourth-order valence-electron chi connectivity index (χ4n) is 5.58. The summed E-state index contributed by atoms with van der Waals surface area (Å²) < 4.78 is 50.7. The minimum absolute atomic E-state index is 0.0299. The van der Waals surface area contributed by atoms with Crippen LogP contribution >= 0.6 is 0 Å². The van der Waals surface area contributed by atoms with E-state index in [1.54, 1.807) is 26.0 Å². The van der Waals surface area contributed by atoms with Crippen molar-refractivity contribution in [2.75, 3.05) is 13.2 Å². The number of amides is 2. The van der Waals surface area contributed by atoms with Gasteiger partial charge in [-0.05, 0) is 86.7 Å². The van der Waals surface area contributed by atoms with Crippen LogP contribution in [-0.4, -0.2) is 46.7 Å². The average molecular weight is 607 g/mol. The molecule has 44 heavy (non-hydrogen) atoms. The van der Waals surface area contributed by atoms with Crippen LogP contribution in [-0.2, 0) is 15.8 Å². The molecule has 2 aromatic carbocycles. The first-order chi connectivity index (χ1) is 20.9. The first kappa shape index (κ1) is 29.4. The number of alkyl halides is 2. The standard InChI is InChI=1S/C32H29F3N4O5/c1-16-9-18-10-19(11-23(44-30(34)35)25(18)37-13-16)28(40)38-14-32(42,20-5-6-20)24-12-22-27(43-15-31(22,2)29(36)41)26(39-24)17-3-7-21(33)8-4-17/h3-4,7-13,20,30,42H,5-6,14-15H2,1-2H3,(H2,36,41)(H,38,40)/t31-,32?/m0/s1. The van der Waals surface area contributed by atoms with Crippen molar-refractivity contribution in [1.82, 2.24) is 15.3 Å². The van der Waals surface area contributed by atoms with E-state index >= 15 is 0 Å². The molecule has 3 heterocycles. The fourth-order valence-corrected chi connectivity index (χ4v) is 5.58. The topological polar surface area (TPSA) is 137 Å². The average Bonchev–Trinajstić information content (AvgIpc) is 3.79. The monoisotopic (exact) mass is 606 g/mol. The zero-order chi connectivity index (χ0) is 31.4. The van der Waals surface area contributed by atoms with Gasteiger partial charge in [-0.1, -0.05) is 0 Å². The summed E-state index contributed by atoms with van der Waals surface area (Å²) in [5.41, 5.74) is 5.21. The summed E-state index contributed by atoms with van der Waals surface area (Å²) in [5, 5.41) is 15.3. The second-order valence-corrected chi connectivity index (χ2v) is 11.5. The normalized spacial score (nSPS) is 18.9. The molecule has 1 unspecified atom stereocenters. The van der Waals surface area contributed by atoms with Gasteiger partial charge in [-0.2, -0.15) is 8.78 Å². The molecule has 1 fully saturated rings. The van der Waals surface area contributed by atoms with Gasteiger partial charge >= 0.3 is 6.61 Å². The number of hydrogen-bond donors (Lipinski definition) is 3. The van der Waals surface area contributed by atoms with Crippen LogP contribution in [0.2, 0.25) is 0 Å². The second-order valence-electron chi connectivity index (χ2n) is 11.5. The van der Waals surface area contributed by atoms with Gasteiger partial charge in [-0.3, -0.25) is 14.6 Å². The molecule has 0 spiro atoms. The molecule has 0 saturated heterocycles. The number of nitrogens with two attached hydrogens (primary N) is 1. The van der Waals surface area contributed by atoms with E-state index in [4.69, 9.17) is 15.5 Å². The molecule has 2 aromatic heterocycles. The third kappa shape index (κ3) is 5.19. The van der Waals surface area contributed by atoms with Gasteiger partial charge in [0.15, 0.2) is 5.75 Å². The molecule has 228 valence electrons. The zero-order valence-electron chi connectivity index (χ0n) is 23.9. The Morgan fingerprint density at radius 2 is 1.93 bits per heavy atom. The SMILES string of the molecule is Cc1cnc2c(OC(F)F)cc(C(=O)NCC(O)(c3cc4c(c(-c5ccc(F)cc5)n3)OC[C@]4(C)C(N)=O)C3CC3)cc2c1. The molecule has 1 aliphatic heterocycles. The maximum Gasteiger partial charge on any atom is 0.387 e. The van der Waals surface area contributed by atoms with Crippen LogP contribution in [0.3, 0.4) is 0 Å². The van der Waals surface area contributed by atoms with Crippen molar-refractivity contribution in [1.29, 1.82) is 0 Å². The lowest BCUT2D eigenvalue weighted by Crippen LogP contribution is -2.44. The minimum Gasteiger partial charge on any atom is -0.489 e. The maximum atomic E-state index is 13.8. The molecule has 2 aliphatic rings. The molecule has 1 aliphatic carbocycles. The van der Waals surface area contributed by atoms with Gasteiger partial charge < -0.3 is 25.6 Å². The minimum atomic E-state index is -3.13. The molecule has 2 amide bonds. The number of ether oxygens (including phenoxy) is 2. The van der Waals surface area contributed by atoms with Crippen LogP contribution in [0.25, 0.3) is 22.2 Å². The van der Waals surface area contributed by atoms with E-state index in [2.05, 4.69) is 15.0 Å². The summed E-state index contributed by atoms with van der Waals surface area (Å²) >= 11 is 0. The molecule has 1 saturated carbocycles. The molecular weight excluding hydrogens is 577 g/mol. The Morgan fingerprint density at radius 1 is 1.20 bits per heavy atom. The van der Waals surface area contributed by atoms with E-state index in [0.29, 0.717) is 40.8 Å². The quantitative estimate of drug-likeness (QED) is 0.255. The Bertz CT molecular complexity index is 1800. The van der Waals surface area contributed by atoms with E-state index < -0.39 is 35.3 Å². The number of aliphatic hydroxyl groups is 1. The highest BCUT2D eigenvalue weighted by molar-refractivity contribution is 6.00. The van der Waals surface area contributed by atoms with E-state index in [-0.39, 0.29) is 41.6 Å². The number of aryl methyl sites for hydroxylation is 1. The smallest absolute Gasteiger partial charge is 0.387 e. The third-order valence-electron chi connectivity index (χ3n) is 8.31. The number of primary amides is 1. The van der Waals surface area contributed by atoms with E-state index in [9.17, 15) is 27.9 Å². The van der Waals surface area contributed by atoms with Crippen molar-refractivity contribution in [2.24, 2.45) is 11.7 Å². The highest BCUT2D eigenvalue weighted by atomic mass is 19.3. The lowest BCUT2D eigenvalue weighted by atomic mass is 9.81. The number of aromatic nitrogens is 2. The number of benzene rings is 2. The van der Waals surface area contributed by atoms with Crippen molar-refractivity contribution in [2.45, 2.75) is 44.3 Å². The molecule has 2 atom stereocenters. The summed E-state index contributed by atoms with van der Waals surface area (Å²) in [5.74, 6) is -1.96. The van der Waals surface area contributed by atoms with Crippen molar-refractivity contribution in [3.63, 3.8) is 0 Å². The molecule has 0 bridgehead atoms. The second kappa shape index (κ2) is 10.8. The summed E-state index contributed by atoms with van der Waals surface area (Å²) in [6.45, 7) is -0.0488. The molecule has 4 aromatic rings. The molecule has 9 nitrogen and oxygen atoms in total. The Hall–Kier alpha value is -4.71. The summed E-state index contributed by atoms with van der Waals surface area (Å²) in [4.78, 5) is 34.9. The molecular formula is C32H29F3N4O5. The van der Waals surface area contributed by atoms with Gasteiger partial charge in [0.25, 0.3) is 5.91 Å². The number of carbonyl (C=O) groups is 2. The largest absolute Gasteiger partial charge is 0.489 e. The lowest BCUT2D eigenvalue weighted by molar-refractivity contribution is -0.123. The number of halogens is 3. The van der Waals surface area contributed by atoms with Crippen LogP contribution in [0.5, 0.6) is 11.5 Å². The van der Waals surface area contributed by atoms with Gasteiger partial charge in [0.05, 0.1) is 12.2 Å². The van der Waals surface area contributed by atoms with Crippen molar-refractivity contribution in [3.05, 3.63) is 82.9 Å². The van der Waals surface area contributed by atoms with Gasteiger partial charge in [0.2, 0.25) is 5.91 Å². The third-order valence-corrected chi connectivity index (χ3v) is 8.31. The van der Waals surface area contributed by atoms with E-state index in [1.807, 2.05) is 0 Å². The Labute approximate surface area is 250 Å². The Morgan fingerprint density at radius 3 is 2.59 bits per heavy atom. The maximum absolute atomic E-state index is 13.8. The first-order valence-corrected chi connectivity index (χ1v) is 14.0. The number of carbonyl (C=O) groups excluding carboxylic acids is 2.